The van der Waals surface area contributed by atoms with E-state index in [-0.39, 0.29) is 4.90 Å². The molecule has 1 aromatic heterocycles. The second kappa shape index (κ2) is 7.68. The first-order valence-electron chi connectivity index (χ1n) is 7.32. The largest absolute Gasteiger partial charge is 0.424 e. The molecular weight excluding hydrogens is 350 g/mol. The number of rotatable bonds is 6. The zero-order valence-corrected chi connectivity index (χ0v) is 15.0. The quantitative estimate of drug-likeness (QED) is 0.578. The summed E-state index contributed by atoms with van der Waals surface area (Å²) in [6.07, 6.45) is 8.60. The SMILES string of the molecule is CC/C=C(\C=C/CCl)n1c(-c2ccc(S(C)(=O)=O)cc2)coc1=O. The molecule has 0 spiro atoms. The van der Waals surface area contributed by atoms with E-state index in [4.69, 9.17) is 16.0 Å². The molecule has 24 heavy (non-hydrogen) atoms. The first-order chi connectivity index (χ1) is 11.4. The standard InChI is InChI=1S/C17H18ClNO4S/c1-3-5-14(6-4-11-18)19-16(12-23-17(19)20)13-7-9-15(10-8-13)24(2,21)22/h4-10,12H,3,11H2,1-2H3/b6-4-,14-5+. The number of hydrogen-bond donors (Lipinski definition) is 0. The van der Waals surface area contributed by atoms with Crippen LogP contribution >= 0.6 is 11.6 Å². The van der Waals surface area contributed by atoms with Crippen LogP contribution in [0.5, 0.6) is 0 Å². The van der Waals surface area contributed by atoms with Gasteiger partial charge in [0.1, 0.15) is 6.26 Å². The lowest BCUT2D eigenvalue weighted by Crippen LogP contribution is -2.14. The molecular formula is C17H18ClNO4S. The van der Waals surface area contributed by atoms with Crippen LogP contribution in [0.3, 0.4) is 0 Å². The number of alkyl halides is 1. The van der Waals surface area contributed by atoms with Crippen molar-refractivity contribution in [2.24, 2.45) is 0 Å². The highest BCUT2D eigenvalue weighted by Gasteiger charge is 2.14. The third-order valence-electron chi connectivity index (χ3n) is 3.32. The summed E-state index contributed by atoms with van der Waals surface area (Å²) in [4.78, 5) is 12.3. The summed E-state index contributed by atoms with van der Waals surface area (Å²) in [7, 11) is -3.27. The number of benzene rings is 1. The zero-order valence-electron chi connectivity index (χ0n) is 13.4. The molecule has 0 aliphatic carbocycles. The van der Waals surface area contributed by atoms with Crippen LogP contribution in [-0.4, -0.2) is 25.1 Å². The number of nitrogens with zero attached hydrogens (tertiary/aromatic N) is 1. The van der Waals surface area contributed by atoms with Gasteiger partial charge in [0.05, 0.1) is 10.6 Å². The Labute approximate surface area is 145 Å². The highest BCUT2D eigenvalue weighted by molar-refractivity contribution is 7.90. The van der Waals surface area contributed by atoms with Gasteiger partial charge in [-0.3, -0.25) is 0 Å². The van der Waals surface area contributed by atoms with E-state index in [1.54, 1.807) is 24.3 Å². The summed E-state index contributed by atoms with van der Waals surface area (Å²) >= 11 is 5.68. The molecule has 0 bridgehead atoms. The van der Waals surface area contributed by atoms with Crippen LogP contribution in [-0.2, 0) is 9.84 Å². The molecule has 0 radical (unpaired) electrons. The smallest absolute Gasteiger partial charge is 0.415 e. The Morgan fingerprint density at radius 2 is 1.96 bits per heavy atom. The molecule has 0 fully saturated rings. The minimum Gasteiger partial charge on any atom is -0.415 e. The summed E-state index contributed by atoms with van der Waals surface area (Å²) in [5.41, 5.74) is 1.87. The average molecular weight is 368 g/mol. The van der Waals surface area contributed by atoms with Gasteiger partial charge in [-0.2, -0.15) is 0 Å². The molecule has 128 valence electrons. The topological polar surface area (TPSA) is 69.3 Å². The van der Waals surface area contributed by atoms with Crippen LogP contribution in [0.2, 0.25) is 0 Å². The van der Waals surface area contributed by atoms with Crippen molar-refractivity contribution in [1.29, 1.82) is 0 Å². The summed E-state index contributed by atoms with van der Waals surface area (Å²) in [6.45, 7) is 1.96. The molecule has 0 saturated carbocycles. The maximum absolute atomic E-state index is 12.1. The number of allylic oxidation sites excluding steroid dienone is 4. The van der Waals surface area contributed by atoms with Crippen molar-refractivity contribution < 1.29 is 12.8 Å². The molecule has 0 amide bonds. The zero-order chi connectivity index (χ0) is 17.7. The van der Waals surface area contributed by atoms with Gasteiger partial charge in [0.2, 0.25) is 0 Å². The summed E-state index contributed by atoms with van der Waals surface area (Å²) < 4.78 is 29.6. The molecule has 0 saturated heterocycles. The van der Waals surface area contributed by atoms with Crippen LogP contribution in [0.25, 0.3) is 17.0 Å². The van der Waals surface area contributed by atoms with Gasteiger partial charge >= 0.3 is 5.76 Å². The minimum absolute atomic E-state index is 0.218. The van der Waals surface area contributed by atoms with Crippen molar-refractivity contribution in [2.75, 3.05) is 12.1 Å². The fourth-order valence-electron chi connectivity index (χ4n) is 2.23. The normalized spacial score (nSPS) is 12.9. The predicted octanol–water partition coefficient (Wildman–Crippen LogP) is 3.56. The first kappa shape index (κ1) is 18.3. The Morgan fingerprint density at radius 1 is 1.29 bits per heavy atom. The molecule has 1 heterocycles. The lowest BCUT2D eigenvalue weighted by Gasteiger charge is -2.08. The second-order valence-corrected chi connectivity index (χ2v) is 7.44. The van der Waals surface area contributed by atoms with Gasteiger partial charge in [0, 0.05) is 23.4 Å². The lowest BCUT2D eigenvalue weighted by atomic mass is 10.1. The number of halogens is 1. The van der Waals surface area contributed by atoms with Crippen LogP contribution < -0.4 is 5.76 Å². The van der Waals surface area contributed by atoms with Gasteiger partial charge in [-0.05, 0) is 24.6 Å². The van der Waals surface area contributed by atoms with Crippen molar-refractivity contribution in [3.8, 4) is 11.3 Å². The van der Waals surface area contributed by atoms with Crippen LogP contribution in [0.15, 0.2) is 62.9 Å². The third kappa shape index (κ3) is 4.07. The molecule has 1 aromatic carbocycles. The Hall–Kier alpha value is -2.05. The van der Waals surface area contributed by atoms with Crippen molar-refractivity contribution >= 4 is 27.1 Å². The second-order valence-electron chi connectivity index (χ2n) is 5.11. The lowest BCUT2D eigenvalue weighted by molar-refractivity contribution is 0.506. The van der Waals surface area contributed by atoms with Gasteiger partial charge in [0.15, 0.2) is 9.84 Å². The van der Waals surface area contributed by atoms with Crippen molar-refractivity contribution in [1.82, 2.24) is 4.57 Å². The molecule has 7 heteroatoms. The number of sulfone groups is 1. The van der Waals surface area contributed by atoms with Crippen LogP contribution in [0, 0.1) is 0 Å². The first-order valence-corrected chi connectivity index (χ1v) is 9.75. The number of oxazole rings is 1. The average Bonchev–Trinajstić information content (AvgIpc) is 2.92. The van der Waals surface area contributed by atoms with Gasteiger partial charge in [-0.1, -0.05) is 31.2 Å². The molecule has 5 nitrogen and oxygen atoms in total. The Bertz CT molecular complexity index is 918. The Kier molecular flexibility index (Phi) is 5.85. The summed E-state index contributed by atoms with van der Waals surface area (Å²) in [5.74, 6) is -0.192. The predicted molar refractivity (Wildman–Crippen MR) is 95.9 cm³/mol. The fourth-order valence-corrected chi connectivity index (χ4v) is 2.95. The summed E-state index contributed by atoms with van der Waals surface area (Å²) in [6, 6.07) is 6.30. The molecule has 0 N–H and O–H groups in total. The third-order valence-corrected chi connectivity index (χ3v) is 4.63. The van der Waals surface area contributed by atoms with E-state index in [9.17, 15) is 13.2 Å². The molecule has 0 aliphatic heterocycles. The van der Waals surface area contributed by atoms with Crippen molar-refractivity contribution in [2.45, 2.75) is 18.2 Å². The Morgan fingerprint density at radius 3 is 2.50 bits per heavy atom. The van der Waals surface area contributed by atoms with E-state index >= 15 is 0 Å². The molecule has 0 atom stereocenters. The van der Waals surface area contributed by atoms with E-state index in [0.29, 0.717) is 22.8 Å². The van der Waals surface area contributed by atoms with Gasteiger partial charge in [-0.25, -0.2) is 17.8 Å². The maximum Gasteiger partial charge on any atom is 0.424 e. The van der Waals surface area contributed by atoms with Gasteiger partial charge in [-0.15, -0.1) is 11.6 Å². The van der Waals surface area contributed by atoms with E-state index in [2.05, 4.69) is 0 Å². The number of aromatic nitrogens is 1. The van der Waals surface area contributed by atoms with Gasteiger partial charge < -0.3 is 4.42 Å². The van der Waals surface area contributed by atoms with Crippen LogP contribution in [0.1, 0.15) is 13.3 Å². The molecule has 2 rings (SSSR count). The monoisotopic (exact) mass is 367 g/mol. The number of hydrogen-bond acceptors (Lipinski definition) is 4. The fraction of sp³-hybridized carbons (Fsp3) is 0.235. The molecule has 2 aromatic rings. The van der Waals surface area contributed by atoms with Crippen molar-refractivity contribution in [3.05, 3.63) is 59.3 Å². The minimum atomic E-state index is -3.27. The van der Waals surface area contributed by atoms with Crippen molar-refractivity contribution in [3.63, 3.8) is 0 Å². The van der Waals surface area contributed by atoms with E-state index in [1.165, 1.54) is 23.0 Å². The summed E-state index contributed by atoms with van der Waals surface area (Å²) in [5, 5.41) is 0. The van der Waals surface area contributed by atoms with Gasteiger partial charge in [0.25, 0.3) is 0 Å². The molecule has 0 unspecified atom stereocenters. The van der Waals surface area contributed by atoms with E-state index in [0.717, 1.165) is 12.7 Å². The van der Waals surface area contributed by atoms with E-state index < -0.39 is 15.6 Å². The van der Waals surface area contributed by atoms with E-state index in [1.807, 2.05) is 13.0 Å². The molecule has 0 aliphatic rings. The Balaban J connectivity index is 2.55. The maximum atomic E-state index is 12.1. The van der Waals surface area contributed by atoms with Crippen LogP contribution in [0.4, 0.5) is 0 Å². The highest BCUT2D eigenvalue weighted by atomic mass is 35.5. The highest BCUT2D eigenvalue weighted by Crippen LogP contribution is 2.23.